The molecule has 0 saturated heterocycles. The summed E-state index contributed by atoms with van der Waals surface area (Å²) in [5, 5.41) is 0. The number of amides is 2. The molecule has 0 unspecified atom stereocenters. The number of carbonyl (C=O) groups excluding carboxylic acids is 3. The summed E-state index contributed by atoms with van der Waals surface area (Å²) < 4.78 is 9.74. The molecule has 0 bridgehead atoms. The van der Waals surface area contributed by atoms with Gasteiger partial charge in [0.25, 0.3) is 5.91 Å². The molecule has 0 spiro atoms. The van der Waals surface area contributed by atoms with Crippen molar-refractivity contribution in [3.8, 4) is 0 Å². The Balaban J connectivity index is 2.10. The molecule has 7 heteroatoms. The fourth-order valence-electron chi connectivity index (χ4n) is 2.41. The summed E-state index contributed by atoms with van der Waals surface area (Å²) in [6, 6.07) is 10.7. The average Bonchev–Trinajstić information content (AvgIpc) is 3.16. The van der Waals surface area contributed by atoms with E-state index >= 15 is 0 Å². The van der Waals surface area contributed by atoms with Crippen molar-refractivity contribution < 1.29 is 23.5 Å². The molecule has 1 aromatic carbocycles. The summed E-state index contributed by atoms with van der Waals surface area (Å²) in [6.07, 6.45) is 1.39. The number of carbonyl (C=O) groups is 3. The van der Waals surface area contributed by atoms with Crippen LogP contribution in [0.2, 0.25) is 0 Å². The molecule has 2 rings (SSSR count). The molecule has 2 amide bonds. The Kier molecular flexibility index (Phi) is 6.54. The Hall–Kier alpha value is -3.09. The van der Waals surface area contributed by atoms with E-state index in [0.29, 0.717) is 0 Å². The first-order valence-corrected chi connectivity index (χ1v) is 8.10. The van der Waals surface area contributed by atoms with E-state index in [2.05, 4.69) is 4.74 Å². The predicted octanol–water partition coefficient (Wildman–Crippen LogP) is 1.86. The average molecular weight is 358 g/mol. The molecule has 7 nitrogen and oxygen atoms in total. The third kappa shape index (κ3) is 4.95. The van der Waals surface area contributed by atoms with E-state index in [4.69, 9.17) is 4.42 Å². The van der Waals surface area contributed by atoms with Crippen molar-refractivity contribution in [2.75, 3.05) is 27.2 Å². The van der Waals surface area contributed by atoms with Gasteiger partial charge in [-0.2, -0.15) is 0 Å². The molecule has 0 saturated carbocycles. The van der Waals surface area contributed by atoms with Gasteiger partial charge in [-0.25, -0.2) is 0 Å². The fraction of sp³-hybridized carbons (Fsp3) is 0.316. The molecule has 0 aliphatic rings. The monoisotopic (exact) mass is 358 g/mol. The third-order valence-corrected chi connectivity index (χ3v) is 3.97. The maximum absolute atomic E-state index is 12.7. The van der Waals surface area contributed by atoms with Crippen LogP contribution in [0.25, 0.3) is 0 Å². The van der Waals surface area contributed by atoms with Crippen LogP contribution in [0.3, 0.4) is 0 Å². The van der Waals surface area contributed by atoms with Gasteiger partial charge in [0.15, 0.2) is 5.76 Å². The van der Waals surface area contributed by atoms with Gasteiger partial charge in [0, 0.05) is 13.6 Å². The number of furan rings is 1. The molecule has 0 fully saturated rings. The highest BCUT2D eigenvalue weighted by Gasteiger charge is 2.23. The Bertz CT molecular complexity index is 770. The summed E-state index contributed by atoms with van der Waals surface area (Å²) in [7, 11) is 2.78. The quantitative estimate of drug-likeness (QED) is 0.706. The smallest absolute Gasteiger partial charge is 0.325 e. The number of nitrogens with zero attached hydrogens (tertiary/aromatic N) is 2. The van der Waals surface area contributed by atoms with Crippen LogP contribution < -0.4 is 0 Å². The summed E-state index contributed by atoms with van der Waals surface area (Å²) >= 11 is 0. The van der Waals surface area contributed by atoms with Crippen molar-refractivity contribution in [3.05, 3.63) is 59.5 Å². The van der Waals surface area contributed by atoms with Gasteiger partial charge in [-0.3, -0.25) is 14.4 Å². The zero-order valence-corrected chi connectivity index (χ0v) is 15.1. The van der Waals surface area contributed by atoms with Crippen molar-refractivity contribution in [2.24, 2.45) is 0 Å². The van der Waals surface area contributed by atoms with Crippen molar-refractivity contribution in [1.82, 2.24) is 9.80 Å². The van der Waals surface area contributed by atoms with Crippen LogP contribution in [0.5, 0.6) is 0 Å². The lowest BCUT2D eigenvalue weighted by Crippen LogP contribution is -2.43. The number of ether oxygens (including phenoxy) is 1. The van der Waals surface area contributed by atoms with Crippen molar-refractivity contribution in [1.29, 1.82) is 0 Å². The Labute approximate surface area is 152 Å². The zero-order chi connectivity index (χ0) is 19.1. The highest BCUT2D eigenvalue weighted by molar-refractivity contribution is 5.94. The number of likely N-dealkylation sites (N-methyl/N-ethyl adjacent to an activating group) is 1. The molecule has 138 valence electrons. The van der Waals surface area contributed by atoms with Crippen molar-refractivity contribution >= 4 is 17.8 Å². The number of aryl methyl sites for hydroxylation is 1. The number of hydrogen-bond acceptors (Lipinski definition) is 5. The summed E-state index contributed by atoms with van der Waals surface area (Å²) in [4.78, 5) is 39.2. The zero-order valence-electron chi connectivity index (χ0n) is 15.1. The number of methoxy groups -OCH3 is 1. The lowest BCUT2D eigenvalue weighted by molar-refractivity contribution is -0.147. The van der Waals surface area contributed by atoms with Crippen LogP contribution in [0.1, 0.15) is 21.7 Å². The molecule has 1 aromatic heterocycles. The van der Waals surface area contributed by atoms with Crippen molar-refractivity contribution in [2.45, 2.75) is 13.5 Å². The standard InChI is InChI=1S/C19H22N2O5/c1-14-7-4-5-8-15(14)11-21(13-18(23)25-3)17(22)12-20(2)19(24)16-9-6-10-26-16/h4-10H,11-13H2,1-3H3. The van der Waals surface area contributed by atoms with Gasteiger partial charge in [0.2, 0.25) is 5.91 Å². The van der Waals surface area contributed by atoms with Gasteiger partial charge in [0.05, 0.1) is 19.9 Å². The summed E-state index contributed by atoms with van der Waals surface area (Å²) in [5.74, 6) is -1.14. The van der Waals surface area contributed by atoms with Crippen LogP contribution in [0.15, 0.2) is 47.1 Å². The number of hydrogen-bond donors (Lipinski definition) is 0. The highest BCUT2D eigenvalue weighted by atomic mass is 16.5. The predicted molar refractivity (Wildman–Crippen MR) is 94.3 cm³/mol. The second-order valence-electron chi connectivity index (χ2n) is 5.89. The largest absolute Gasteiger partial charge is 0.468 e. The molecule has 2 aromatic rings. The minimum absolute atomic E-state index is 0.152. The van der Waals surface area contributed by atoms with Crippen LogP contribution >= 0.6 is 0 Å². The topological polar surface area (TPSA) is 80.1 Å². The molecule has 0 aliphatic heterocycles. The van der Waals surface area contributed by atoms with E-state index in [1.807, 2.05) is 31.2 Å². The normalized spacial score (nSPS) is 10.3. The molecule has 0 aliphatic carbocycles. The van der Waals surface area contributed by atoms with E-state index in [-0.39, 0.29) is 31.3 Å². The van der Waals surface area contributed by atoms with Gasteiger partial charge in [-0.1, -0.05) is 24.3 Å². The van der Waals surface area contributed by atoms with Crippen LogP contribution in [-0.2, 0) is 20.9 Å². The Morgan fingerprint density at radius 3 is 2.42 bits per heavy atom. The number of rotatable bonds is 7. The molecular formula is C19H22N2O5. The van der Waals surface area contributed by atoms with E-state index in [1.54, 1.807) is 6.07 Å². The third-order valence-electron chi connectivity index (χ3n) is 3.97. The van der Waals surface area contributed by atoms with Crippen LogP contribution in [-0.4, -0.2) is 54.8 Å². The summed E-state index contributed by atoms with van der Waals surface area (Å²) in [5.41, 5.74) is 1.93. The second kappa shape index (κ2) is 8.84. The van der Waals surface area contributed by atoms with E-state index < -0.39 is 11.9 Å². The molecule has 26 heavy (non-hydrogen) atoms. The maximum Gasteiger partial charge on any atom is 0.325 e. The van der Waals surface area contributed by atoms with Crippen molar-refractivity contribution in [3.63, 3.8) is 0 Å². The molecular weight excluding hydrogens is 336 g/mol. The number of esters is 1. The SMILES string of the molecule is COC(=O)CN(Cc1ccccc1C)C(=O)CN(C)C(=O)c1ccco1. The van der Waals surface area contributed by atoms with Gasteiger partial charge in [-0.05, 0) is 30.2 Å². The van der Waals surface area contributed by atoms with Gasteiger partial charge >= 0.3 is 5.97 Å². The number of benzene rings is 1. The Morgan fingerprint density at radius 2 is 1.81 bits per heavy atom. The fourth-order valence-corrected chi connectivity index (χ4v) is 2.41. The lowest BCUT2D eigenvalue weighted by Gasteiger charge is -2.25. The van der Waals surface area contributed by atoms with Gasteiger partial charge < -0.3 is 19.0 Å². The first kappa shape index (κ1) is 19.2. The Morgan fingerprint density at radius 1 is 1.08 bits per heavy atom. The highest BCUT2D eigenvalue weighted by Crippen LogP contribution is 2.12. The first-order chi connectivity index (χ1) is 12.4. The molecule has 0 N–H and O–H groups in total. The van der Waals surface area contributed by atoms with E-state index in [0.717, 1.165) is 11.1 Å². The molecule has 0 atom stereocenters. The van der Waals surface area contributed by atoms with Crippen LogP contribution in [0, 0.1) is 6.92 Å². The lowest BCUT2D eigenvalue weighted by atomic mass is 10.1. The molecule has 0 radical (unpaired) electrons. The van der Waals surface area contributed by atoms with Crippen LogP contribution in [0.4, 0.5) is 0 Å². The maximum atomic E-state index is 12.7. The summed E-state index contributed by atoms with van der Waals surface area (Å²) in [6.45, 7) is 1.82. The molecule has 1 heterocycles. The van der Waals surface area contributed by atoms with Gasteiger partial charge in [0.1, 0.15) is 6.54 Å². The van der Waals surface area contributed by atoms with E-state index in [9.17, 15) is 14.4 Å². The minimum Gasteiger partial charge on any atom is -0.468 e. The second-order valence-corrected chi connectivity index (χ2v) is 5.89. The van der Waals surface area contributed by atoms with E-state index in [1.165, 1.54) is 36.3 Å². The first-order valence-electron chi connectivity index (χ1n) is 8.10. The minimum atomic E-state index is -0.521. The van der Waals surface area contributed by atoms with Gasteiger partial charge in [-0.15, -0.1) is 0 Å².